The van der Waals surface area contributed by atoms with Crippen LogP contribution in [0, 0.1) is 22.9 Å². The lowest BCUT2D eigenvalue weighted by Crippen LogP contribution is -2.16. The van der Waals surface area contributed by atoms with Gasteiger partial charge in [-0.2, -0.15) is 4.98 Å². The highest BCUT2D eigenvalue weighted by Gasteiger charge is 2.20. The van der Waals surface area contributed by atoms with Crippen molar-refractivity contribution in [2.75, 3.05) is 12.4 Å². The molecule has 0 fully saturated rings. The molecule has 0 spiro atoms. The molecule has 0 aliphatic rings. The molecule has 0 bridgehead atoms. The van der Waals surface area contributed by atoms with Gasteiger partial charge in [-0.3, -0.25) is 20.2 Å². The first-order valence-electron chi connectivity index (χ1n) is 5.64. The van der Waals surface area contributed by atoms with Gasteiger partial charge in [0.1, 0.15) is 5.82 Å². The molecule has 21 heavy (non-hydrogen) atoms. The predicted molar refractivity (Wildman–Crippen MR) is 68.7 cm³/mol. The number of halogens is 1. The van der Waals surface area contributed by atoms with Crippen LogP contribution in [0.5, 0.6) is 6.01 Å². The van der Waals surface area contributed by atoms with Gasteiger partial charge in [0.2, 0.25) is 5.95 Å². The van der Waals surface area contributed by atoms with Crippen LogP contribution in [0.15, 0.2) is 12.1 Å². The molecule has 0 aliphatic heterocycles. The van der Waals surface area contributed by atoms with Gasteiger partial charge in [0.05, 0.1) is 17.6 Å². The molecular weight excluding hydrogens is 285 g/mol. The van der Waals surface area contributed by atoms with Gasteiger partial charge in [-0.1, -0.05) is 0 Å². The van der Waals surface area contributed by atoms with Crippen molar-refractivity contribution in [3.05, 3.63) is 39.2 Å². The minimum atomic E-state index is -0.891. The molecule has 2 rings (SSSR count). The number of non-ortho nitro benzene ring substituents is 1. The Morgan fingerprint density at radius 3 is 2.81 bits per heavy atom. The lowest BCUT2D eigenvalue weighted by Gasteiger charge is -2.05. The van der Waals surface area contributed by atoms with Gasteiger partial charge in [0.25, 0.3) is 11.6 Å². The zero-order chi connectivity index (χ0) is 15.6. The van der Waals surface area contributed by atoms with E-state index in [1.165, 1.54) is 14.0 Å². The van der Waals surface area contributed by atoms with Gasteiger partial charge in [-0.25, -0.2) is 9.49 Å². The summed E-state index contributed by atoms with van der Waals surface area (Å²) in [5, 5.41) is 18.9. The van der Waals surface area contributed by atoms with E-state index in [0.29, 0.717) is 0 Å². The molecule has 1 aromatic heterocycles. The number of amides is 1. The zero-order valence-corrected chi connectivity index (χ0v) is 11.0. The van der Waals surface area contributed by atoms with Gasteiger partial charge >= 0.3 is 6.01 Å². The highest BCUT2D eigenvalue weighted by molar-refractivity contribution is 6.04. The number of benzene rings is 1. The molecule has 0 saturated heterocycles. The van der Waals surface area contributed by atoms with Crippen molar-refractivity contribution < 1.29 is 18.8 Å². The first kappa shape index (κ1) is 14.4. The Balaban J connectivity index is 2.32. The van der Waals surface area contributed by atoms with Crippen LogP contribution < -0.4 is 10.1 Å². The van der Waals surface area contributed by atoms with Gasteiger partial charge in [-0.05, 0) is 12.5 Å². The number of nitrogens with zero attached hydrogens (tertiary/aromatic N) is 3. The van der Waals surface area contributed by atoms with E-state index >= 15 is 0 Å². The van der Waals surface area contributed by atoms with Crippen LogP contribution in [-0.4, -0.2) is 33.1 Å². The Bertz CT molecular complexity index is 715. The fourth-order valence-electron chi connectivity index (χ4n) is 1.59. The molecule has 0 saturated carbocycles. The molecule has 0 aliphatic carbocycles. The summed E-state index contributed by atoms with van der Waals surface area (Å²) < 4.78 is 18.6. The van der Waals surface area contributed by atoms with Crippen molar-refractivity contribution in [1.82, 2.24) is 15.2 Å². The normalized spacial score (nSPS) is 10.2. The number of hydrogen-bond donors (Lipinski definition) is 2. The summed E-state index contributed by atoms with van der Waals surface area (Å²) in [7, 11) is 1.33. The van der Waals surface area contributed by atoms with E-state index in [4.69, 9.17) is 4.74 Å². The zero-order valence-electron chi connectivity index (χ0n) is 11.0. The Morgan fingerprint density at radius 2 is 2.24 bits per heavy atom. The molecule has 2 N–H and O–H groups in total. The molecule has 0 radical (unpaired) electrons. The summed E-state index contributed by atoms with van der Waals surface area (Å²) >= 11 is 0. The smallest absolute Gasteiger partial charge is 0.336 e. The van der Waals surface area contributed by atoms with E-state index in [1.807, 2.05) is 0 Å². The van der Waals surface area contributed by atoms with Gasteiger partial charge in [-0.15, -0.1) is 5.10 Å². The Labute approximate surface area is 117 Å². The summed E-state index contributed by atoms with van der Waals surface area (Å²) in [6.07, 6.45) is 0. The molecule has 1 amide bonds. The number of rotatable bonds is 4. The van der Waals surface area contributed by atoms with E-state index in [0.717, 1.165) is 12.1 Å². The molecule has 0 atom stereocenters. The van der Waals surface area contributed by atoms with Crippen molar-refractivity contribution >= 4 is 17.5 Å². The Hall–Kier alpha value is -3.04. The van der Waals surface area contributed by atoms with Crippen LogP contribution >= 0.6 is 0 Å². The Morgan fingerprint density at radius 1 is 1.52 bits per heavy atom. The summed E-state index contributed by atoms with van der Waals surface area (Å²) in [5.41, 5.74) is -0.851. The minimum Gasteiger partial charge on any atom is -0.466 e. The van der Waals surface area contributed by atoms with E-state index in [2.05, 4.69) is 20.5 Å². The third-order valence-electron chi connectivity index (χ3n) is 2.57. The van der Waals surface area contributed by atoms with Crippen LogP contribution in [0.3, 0.4) is 0 Å². The number of aromatic amines is 1. The first-order chi connectivity index (χ1) is 9.92. The highest BCUT2D eigenvalue weighted by Crippen LogP contribution is 2.21. The fourth-order valence-corrected chi connectivity index (χ4v) is 1.59. The van der Waals surface area contributed by atoms with E-state index in [-0.39, 0.29) is 23.2 Å². The lowest BCUT2D eigenvalue weighted by atomic mass is 10.1. The van der Waals surface area contributed by atoms with Crippen LogP contribution in [0.2, 0.25) is 0 Å². The number of nitrogens with one attached hydrogen (secondary N) is 2. The molecule has 0 unspecified atom stereocenters. The highest BCUT2D eigenvalue weighted by atomic mass is 19.1. The third-order valence-corrected chi connectivity index (χ3v) is 2.57. The summed E-state index contributed by atoms with van der Waals surface area (Å²) in [4.78, 5) is 25.7. The number of hydrogen-bond acceptors (Lipinski definition) is 6. The molecule has 1 aromatic carbocycles. The predicted octanol–water partition coefficient (Wildman–Crippen LogP) is 1.42. The average Bonchev–Trinajstić information content (AvgIpc) is 2.88. The molecule has 110 valence electrons. The quantitative estimate of drug-likeness (QED) is 0.649. The van der Waals surface area contributed by atoms with Gasteiger partial charge in [0, 0.05) is 12.1 Å². The van der Waals surface area contributed by atoms with Gasteiger partial charge in [0.15, 0.2) is 0 Å². The summed E-state index contributed by atoms with van der Waals surface area (Å²) in [6, 6.07) is 1.88. The van der Waals surface area contributed by atoms with Gasteiger partial charge < -0.3 is 4.74 Å². The maximum Gasteiger partial charge on any atom is 0.336 e. The monoisotopic (exact) mass is 295 g/mol. The molecule has 10 heteroatoms. The molecule has 9 nitrogen and oxygen atoms in total. The van der Waals surface area contributed by atoms with Crippen LogP contribution in [-0.2, 0) is 0 Å². The van der Waals surface area contributed by atoms with Crippen molar-refractivity contribution in [2.24, 2.45) is 0 Å². The van der Waals surface area contributed by atoms with Crippen molar-refractivity contribution in [3.63, 3.8) is 0 Å². The van der Waals surface area contributed by atoms with Crippen LogP contribution in [0.1, 0.15) is 15.9 Å². The SMILES string of the molecule is COc1n[nH]c(NC(=O)c2cc([N+](=O)[O-])cc(C)c2F)n1. The Kier molecular flexibility index (Phi) is 3.78. The second kappa shape index (κ2) is 5.53. The molecular formula is C11H10FN5O4. The standard InChI is InChI=1S/C11H10FN5O4/c1-5-3-6(17(19)20)4-7(8(5)12)9(18)13-10-14-11(21-2)16-15-10/h3-4H,1-2H3,(H2,13,14,15,16,18). The maximum absolute atomic E-state index is 13.9. The number of anilines is 1. The number of ether oxygens (including phenoxy) is 1. The second-order valence-electron chi connectivity index (χ2n) is 4.01. The number of nitro groups is 1. The van der Waals surface area contributed by atoms with Crippen molar-refractivity contribution in [3.8, 4) is 6.01 Å². The summed E-state index contributed by atoms with van der Waals surface area (Å²) in [5.74, 6) is -1.80. The molecule has 1 heterocycles. The number of aromatic nitrogens is 3. The average molecular weight is 295 g/mol. The number of methoxy groups -OCH3 is 1. The molecule has 2 aromatic rings. The number of H-pyrrole nitrogens is 1. The number of aryl methyl sites for hydroxylation is 1. The lowest BCUT2D eigenvalue weighted by molar-refractivity contribution is -0.385. The number of carbonyl (C=O) groups is 1. The minimum absolute atomic E-state index is 0.00972. The topological polar surface area (TPSA) is 123 Å². The summed E-state index contributed by atoms with van der Waals surface area (Å²) in [6.45, 7) is 1.33. The fraction of sp³-hybridized carbons (Fsp3) is 0.182. The van der Waals surface area contributed by atoms with Crippen LogP contribution in [0.25, 0.3) is 0 Å². The second-order valence-corrected chi connectivity index (χ2v) is 4.01. The largest absolute Gasteiger partial charge is 0.466 e. The van der Waals surface area contributed by atoms with E-state index < -0.39 is 22.2 Å². The van der Waals surface area contributed by atoms with Crippen LogP contribution in [0.4, 0.5) is 16.0 Å². The maximum atomic E-state index is 13.9. The van der Waals surface area contributed by atoms with Crippen molar-refractivity contribution in [2.45, 2.75) is 6.92 Å². The number of carbonyl (C=O) groups excluding carboxylic acids is 1. The first-order valence-corrected chi connectivity index (χ1v) is 5.64. The van der Waals surface area contributed by atoms with E-state index in [9.17, 15) is 19.3 Å². The third kappa shape index (κ3) is 2.94. The van der Waals surface area contributed by atoms with E-state index in [1.54, 1.807) is 0 Å². The number of nitro benzene ring substituents is 1. The van der Waals surface area contributed by atoms with Crippen molar-refractivity contribution in [1.29, 1.82) is 0 Å².